The van der Waals surface area contributed by atoms with E-state index in [1.807, 2.05) is 6.07 Å². The van der Waals surface area contributed by atoms with E-state index in [0.717, 1.165) is 25.7 Å². The zero-order valence-corrected chi connectivity index (χ0v) is 18.7. The molecule has 2 aliphatic rings. The first-order valence-electron chi connectivity index (χ1n) is 11.4. The van der Waals surface area contributed by atoms with Crippen LogP contribution in [0.2, 0.25) is 0 Å². The standard InChI is InChI=1S/C24H26FN5O4/c25-19-9-16(12-26)8-18(10-19)21-6-7-34-30(21)24(32)17-3-1-2-15(4-5-17)13-33-22-11-20(23(27)31)28-14-29-22/h8-11,14-15,17,21H,1-7,13H2,(H2,27,31)/t15-,17+,21-/m0/s1. The van der Waals surface area contributed by atoms with Crippen LogP contribution >= 0.6 is 0 Å². The van der Waals surface area contributed by atoms with E-state index in [2.05, 4.69) is 9.97 Å². The topological polar surface area (TPSA) is 131 Å². The molecule has 2 N–H and O–H groups in total. The maximum Gasteiger partial charge on any atom is 0.267 e. The van der Waals surface area contributed by atoms with Gasteiger partial charge in [-0.1, -0.05) is 6.42 Å². The molecule has 1 aliphatic carbocycles. The Morgan fingerprint density at radius 1 is 1.18 bits per heavy atom. The van der Waals surface area contributed by atoms with Crippen LogP contribution in [0.5, 0.6) is 5.88 Å². The van der Waals surface area contributed by atoms with Crippen LogP contribution in [-0.2, 0) is 9.63 Å². The molecule has 1 aliphatic heterocycles. The highest BCUT2D eigenvalue weighted by Gasteiger charge is 2.36. The number of nitriles is 1. The van der Waals surface area contributed by atoms with Gasteiger partial charge in [-0.25, -0.2) is 19.4 Å². The third-order valence-electron chi connectivity index (χ3n) is 6.35. The molecule has 9 nitrogen and oxygen atoms in total. The van der Waals surface area contributed by atoms with Crippen molar-refractivity contribution in [2.24, 2.45) is 17.6 Å². The highest BCUT2D eigenvalue weighted by atomic mass is 19.1. The molecule has 1 saturated carbocycles. The average Bonchev–Trinajstić information content (AvgIpc) is 3.21. The van der Waals surface area contributed by atoms with Crippen LogP contribution in [0.1, 0.15) is 66.2 Å². The second kappa shape index (κ2) is 10.6. The summed E-state index contributed by atoms with van der Waals surface area (Å²) in [7, 11) is 0. The van der Waals surface area contributed by atoms with Gasteiger partial charge in [-0.3, -0.25) is 14.4 Å². The molecule has 1 aromatic carbocycles. The molecule has 2 aromatic rings. The second-order valence-electron chi connectivity index (χ2n) is 8.67. The summed E-state index contributed by atoms with van der Waals surface area (Å²) in [5.41, 5.74) is 6.13. The molecule has 3 atom stereocenters. The van der Waals surface area contributed by atoms with Crippen LogP contribution in [0.25, 0.3) is 0 Å². The number of aromatic nitrogens is 2. The van der Waals surface area contributed by atoms with Gasteiger partial charge in [-0.15, -0.1) is 0 Å². The summed E-state index contributed by atoms with van der Waals surface area (Å²) in [5.74, 6) is -0.920. The number of ether oxygens (including phenoxy) is 1. The van der Waals surface area contributed by atoms with Gasteiger partial charge in [-0.05, 0) is 55.4 Å². The van der Waals surface area contributed by atoms with Gasteiger partial charge in [0.1, 0.15) is 17.8 Å². The lowest BCUT2D eigenvalue weighted by Crippen LogP contribution is -2.35. The van der Waals surface area contributed by atoms with E-state index in [9.17, 15) is 14.0 Å². The fourth-order valence-corrected chi connectivity index (χ4v) is 4.59. The van der Waals surface area contributed by atoms with Crippen molar-refractivity contribution in [3.8, 4) is 11.9 Å². The first-order valence-corrected chi connectivity index (χ1v) is 11.4. The van der Waals surface area contributed by atoms with Crippen LogP contribution in [0, 0.1) is 29.0 Å². The maximum atomic E-state index is 14.0. The Morgan fingerprint density at radius 2 is 2.03 bits per heavy atom. The number of halogens is 1. The van der Waals surface area contributed by atoms with Gasteiger partial charge in [0.15, 0.2) is 0 Å². The van der Waals surface area contributed by atoms with E-state index in [1.54, 1.807) is 6.07 Å². The molecule has 178 valence electrons. The largest absolute Gasteiger partial charge is 0.477 e. The Bertz CT molecular complexity index is 1110. The Balaban J connectivity index is 1.36. The third kappa shape index (κ3) is 5.48. The number of hydroxylamine groups is 2. The highest BCUT2D eigenvalue weighted by molar-refractivity contribution is 5.90. The van der Waals surface area contributed by atoms with Gasteiger partial charge in [0, 0.05) is 18.4 Å². The van der Waals surface area contributed by atoms with Crippen molar-refractivity contribution >= 4 is 11.8 Å². The number of nitrogens with two attached hydrogens (primary N) is 1. The molecule has 2 heterocycles. The molecule has 0 spiro atoms. The van der Waals surface area contributed by atoms with E-state index in [1.165, 1.54) is 29.6 Å². The van der Waals surface area contributed by atoms with Crippen LogP contribution in [-0.4, -0.2) is 40.1 Å². The molecule has 34 heavy (non-hydrogen) atoms. The highest BCUT2D eigenvalue weighted by Crippen LogP contribution is 2.36. The lowest BCUT2D eigenvalue weighted by atomic mass is 9.96. The number of hydrogen-bond donors (Lipinski definition) is 1. The van der Waals surface area contributed by atoms with Gasteiger partial charge in [0.05, 0.1) is 30.9 Å². The van der Waals surface area contributed by atoms with Crippen molar-refractivity contribution in [2.75, 3.05) is 13.2 Å². The lowest BCUT2D eigenvalue weighted by molar-refractivity contribution is -0.182. The van der Waals surface area contributed by atoms with Gasteiger partial charge >= 0.3 is 0 Å². The van der Waals surface area contributed by atoms with E-state index in [0.29, 0.717) is 37.5 Å². The monoisotopic (exact) mass is 467 g/mol. The second-order valence-corrected chi connectivity index (χ2v) is 8.67. The van der Waals surface area contributed by atoms with Crippen LogP contribution < -0.4 is 10.5 Å². The van der Waals surface area contributed by atoms with Crippen molar-refractivity contribution in [3.63, 3.8) is 0 Å². The number of primary amides is 1. The summed E-state index contributed by atoms with van der Waals surface area (Å²) in [6.07, 6.45) is 5.75. The Kier molecular flexibility index (Phi) is 7.33. The summed E-state index contributed by atoms with van der Waals surface area (Å²) in [5, 5.41) is 10.5. The molecular formula is C24H26FN5O4. The first kappa shape index (κ1) is 23.6. The van der Waals surface area contributed by atoms with Gasteiger partial charge in [0.25, 0.3) is 5.91 Å². The van der Waals surface area contributed by atoms with Gasteiger partial charge in [0.2, 0.25) is 11.8 Å². The van der Waals surface area contributed by atoms with Crippen LogP contribution in [0.4, 0.5) is 4.39 Å². The summed E-state index contributed by atoms with van der Waals surface area (Å²) < 4.78 is 19.7. The minimum absolute atomic E-state index is 0.0943. The van der Waals surface area contributed by atoms with Crippen molar-refractivity contribution in [1.82, 2.24) is 15.0 Å². The number of hydrogen-bond acceptors (Lipinski definition) is 7. The fourth-order valence-electron chi connectivity index (χ4n) is 4.59. The molecule has 0 unspecified atom stereocenters. The average molecular weight is 468 g/mol. The SMILES string of the molecule is N#Cc1cc(F)cc([C@@H]2CCON2C(=O)[C@@H]2CCC[C@H](COc3cc(C(N)=O)ncn3)CC2)c1. The fraction of sp³-hybridized carbons (Fsp3) is 0.458. The number of benzene rings is 1. The molecule has 0 bridgehead atoms. The quantitative estimate of drug-likeness (QED) is 0.646. The minimum atomic E-state index is -0.646. The van der Waals surface area contributed by atoms with E-state index >= 15 is 0 Å². The predicted molar refractivity (Wildman–Crippen MR) is 117 cm³/mol. The number of carbonyl (C=O) groups is 2. The normalized spacial score (nSPS) is 22.6. The summed E-state index contributed by atoms with van der Waals surface area (Å²) >= 11 is 0. The Hall–Kier alpha value is -3.58. The van der Waals surface area contributed by atoms with Crippen molar-refractivity contribution in [2.45, 2.75) is 44.6 Å². The van der Waals surface area contributed by atoms with Crippen molar-refractivity contribution in [3.05, 3.63) is 53.2 Å². The van der Waals surface area contributed by atoms with Crippen molar-refractivity contribution < 1.29 is 23.6 Å². The summed E-state index contributed by atoms with van der Waals surface area (Å²) in [6.45, 7) is 0.781. The van der Waals surface area contributed by atoms with E-state index < -0.39 is 17.8 Å². The summed E-state index contributed by atoms with van der Waals surface area (Å²) in [4.78, 5) is 38.1. The molecule has 0 radical (unpaired) electrons. The number of rotatable bonds is 6. The Labute approximate surface area is 196 Å². The zero-order chi connectivity index (χ0) is 24.1. The van der Waals surface area contributed by atoms with E-state index in [4.69, 9.17) is 20.6 Å². The molecule has 2 fully saturated rings. The van der Waals surface area contributed by atoms with Crippen LogP contribution in [0.3, 0.4) is 0 Å². The maximum absolute atomic E-state index is 14.0. The van der Waals surface area contributed by atoms with Crippen molar-refractivity contribution in [1.29, 1.82) is 5.26 Å². The minimum Gasteiger partial charge on any atom is -0.477 e. The first-order chi connectivity index (χ1) is 16.4. The third-order valence-corrected chi connectivity index (χ3v) is 6.35. The predicted octanol–water partition coefficient (Wildman–Crippen LogP) is 3.07. The van der Waals surface area contributed by atoms with Gasteiger partial charge < -0.3 is 10.5 Å². The van der Waals surface area contributed by atoms with E-state index in [-0.39, 0.29) is 29.0 Å². The molecule has 10 heteroatoms. The number of amides is 2. The molecule has 4 rings (SSSR count). The zero-order valence-electron chi connectivity index (χ0n) is 18.7. The lowest BCUT2D eigenvalue weighted by Gasteiger charge is -2.27. The summed E-state index contributed by atoms with van der Waals surface area (Å²) in [6, 6.07) is 7.11. The smallest absolute Gasteiger partial charge is 0.267 e. The number of carbonyl (C=O) groups excluding carboxylic acids is 2. The van der Waals surface area contributed by atoms with Crippen LogP contribution in [0.15, 0.2) is 30.6 Å². The molecular weight excluding hydrogens is 441 g/mol. The number of nitrogens with zero attached hydrogens (tertiary/aromatic N) is 4. The molecule has 1 aromatic heterocycles. The molecule has 2 amide bonds. The Morgan fingerprint density at radius 3 is 2.82 bits per heavy atom. The van der Waals surface area contributed by atoms with Gasteiger partial charge in [-0.2, -0.15) is 5.26 Å². The molecule has 1 saturated heterocycles.